The number of esters is 3. The average Bonchev–Trinajstić information content (AvgIpc) is 3.57. The fourth-order valence-electron chi connectivity index (χ4n) is 7.42. The summed E-state index contributed by atoms with van der Waals surface area (Å²) < 4.78 is 40.8. The maximum atomic E-state index is 14.1. The van der Waals surface area contributed by atoms with Crippen LogP contribution in [0.1, 0.15) is 61.3 Å². The van der Waals surface area contributed by atoms with Crippen molar-refractivity contribution in [2.24, 2.45) is 10.9 Å². The van der Waals surface area contributed by atoms with Gasteiger partial charge in [-0.1, -0.05) is 44.3 Å². The first-order valence-electron chi connectivity index (χ1n) is 19.6. The molecule has 2 fully saturated rings. The predicted octanol–water partition coefficient (Wildman–Crippen LogP) is -0.754. The Morgan fingerprint density at radius 3 is 2.27 bits per heavy atom. The molecule has 0 aromatic rings. The lowest BCUT2D eigenvalue weighted by Crippen LogP contribution is -2.70. The van der Waals surface area contributed by atoms with Crippen LogP contribution in [0.5, 0.6) is 0 Å². The second-order valence-corrected chi connectivity index (χ2v) is 18.3. The van der Waals surface area contributed by atoms with Crippen molar-refractivity contribution in [1.29, 1.82) is 5.41 Å². The van der Waals surface area contributed by atoms with E-state index in [0.717, 1.165) is 37.4 Å². The zero-order valence-corrected chi connectivity index (χ0v) is 37.1. The van der Waals surface area contributed by atoms with Crippen molar-refractivity contribution in [2.75, 3.05) is 19.5 Å². The van der Waals surface area contributed by atoms with Crippen LogP contribution in [0.15, 0.2) is 16.3 Å². The van der Waals surface area contributed by atoms with Gasteiger partial charge in [0.05, 0.1) is 24.5 Å². The molecule has 2 saturated heterocycles. The molecule has 14 atom stereocenters. The Morgan fingerprint density at radius 1 is 1.06 bits per heavy atom. The number of rotatable bonds is 16. The van der Waals surface area contributed by atoms with Crippen LogP contribution >= 0.6 is 23.5 Å². The van der Waals surface area contributed by atoms with Crippen LogP contribution in [-0.2, 0) is 66.7 Å². The largest absolute Gasteiger partial charge is 0.508 e. The van der Waals surface area contributed by atoms with E-state index in [1.807, 2.05) is 0 Å². The fourth-order valence-corrected chi connectivity index (χ4v) is 9.87. The lowest BCUT2D eigenvalue weighted by Gasteiger charge is -2.52. The van der Waals surface area contributed by atoms with Crippen LogP contribution < -0.4 is 5.32 Å². The second kappa shape index (κ2) is 20.7. The molecule has 0 aromatic carbocycles. The minimum Gasteiger partial charge on any atom is -0.508 e. The number of amides is 1. The molecule has 25 heteroatoms. The van der Waals surface area contributed by atoms with E-state index in [9.17, 15) is 64.2 Å². The number of ketones is 1. The summed E-state index contributed by atoms with van der Waals surface area (Å²) in [5, 5.41) is 76.1. The first kappa shape index (κ1) is 51.4. The summed E-state index contributed by atoms with van der Waals surface area (Å²) in [6.45, 7) is 8.99. The quantitative estimate of drug-likeness (QED) is 0.0697. The third-order valence-corrected chi connectivity index (χ3v) is 13.3. The van der Waals surface area contributed by atoms with Crippen molar-refractivity contribution in [3.63, 3.8) is 0 Å². The van der Waals surface area contributed by atoms with Crippen molar-refractivity contribution in [1.82, 2.24) is 5.32 Å². The predicted molar refractivity (Wildman–Crippen MR) is 217 cm³/mol. The summed E-state index contributed by atoms with van der Waals surface area (Å²) in [7, 11) is 1.25. The van der Waals surface area contributed by atoms with Crippen LogP contribution in [0.4, 0.5) is 0 Å². The summed E-state index contributed by atoms with van der Waals surface area (Å²) in [6, 6.07) is -2.58. The third-order valence-electron chi connectivity index (χ3n) is 10.9. The molecule has 352 valence electrons. The number of nitrogens with one attached hydrogen (secondary N) is 2. The van der Waals surface area contributed by atoms with Crippen LogP contribution in [-0.4, -0.2) is 185 Å². The molecular weight excluding hydrogens is 883 g/mol. The van der Waals surface area contributed by atoms with E-state index in [1.165, 1.54) is 21.0 Å². The highest BCUT2D eigenvalue weighted by Gasteiger charge is 2.62. The van der Waals surface area contributed by atoms with Gasteiger partial charge in [-0.25, -0.2) is 14.4 Å². The van der Waals surface area contributed by atoms with Gasteiger partial charge in [-0.05, 0) is 13.8 Å². The van der Waals surface area contributed by atoms with E-state index in [2.05, 4.69) is 10.3 Å². The number of ether oxygens (including phenoxy) is 7. The zero-order chi connectivity index (χ0) is 47.5. The molecule has 0 saturated carbocycles. The molecule has 1 amide bonds. The summed E-state index contributed by atoms with van der Waals surface area (Å²) in [5.74, 6) is -9.87. The van der Waals surface area contributed by atoms with E-state index in [1.54, 1.807) is 20.8 Å². The minimum atomic E-state index is -3.08. The number of thioether (sulfide) groups is 2. The number of carboxylic acids is 2. The van der Waals surface area contributed by atoms with E-state index < -0.39 is 161 Å². The Morgan fingerprint density at radius 2 is 1.71 bits per heavy atom. The molecule has 1 aliphatic carbocycles. The number of Topliss-reactive ketones (excluding diaryl/α,β-unsaturated/α-hetero) is 1. The standard InChI is InChI=1S/C38H53N3O20S2/c1-13(2)34(51)58-16(5)38(54)15(4)57-23(9-22(38)55-8)60-29-27(45)31(37(53)10-20(44)25(39)24(30(37)46)33(49)50)59-21(11-56-18(7)43)28(29)61-35(52)26-14(3)63-36(41-26)62-12-19(32(47)48)40-17(6)42/h13-16,19,21-23,26-29,31,39,45-46,53-54H,9-12H2,1-8H3,(H,40,42)(H,47,48)(H,49,50). The highest BCUT2D eigenvalue weighted by Crippen LogP contribution is 2.43. The maximum absolute atomic E-state index is 14.1. The maximum Gasteiger partial charge on any atom is 0.341 e. The van der Waals surface area contributed by atoms with E-state index >= 15 is 0 Å². The molecule has 23 nitrogen and oxygen atoms in total. The SMILES string of the molecule is COC1CC(OC2C(O)C(C3(O)CC(=O)C(=N)C(C(=O)O)=C3O)OC(COC(C)=O)C2OC(=O)C2N=C(SCC(NC(C)=O)C(=O)O)SC2C)OC(C)C1(O)C(C)OC(=O)C(C)C. The van der Waals surface area contributed by atoms with Crippen LogP contribution in [0.3, 0.4) is 0 Å². The number of carboxylic acid groups (broad SMARTS) is 2. The molecule has 0 bridgehead atoms. The van der Waals surface area contributed by atoms with Gasteiger partial charge in [-0.15, -0.1) is 0 Å². The summed E-state index contributed by atoms with van der Waals surface area (Å²) in [6.07, 6.45) is -16.8. The van der Waals surface area contributed by atoms with E-state index in [4.69, 9.17) is 38.6 Å². The van der Waals surface area contributed by atoms with Gasteiger partial charge in [0.25, 0.3) is 0 Å². The molecule has 14 unspecified atom stereocenters. The van der Waals surface area contributed by atoms with Gasteiger partial charge in [-0.2, -0.15) is 0 Å². The van der Waals surface area contributed by atoms with Gasteiger partial charge in [-0.3, -0.25) is 29.6 Å². The molecule has 63 heavy (non-hydrogen) atoms. The molecule has 4 rings (SSSR count). The number of hydrogen-bond acceptors (Lipinski definition) is 22. The molecule has 3 heterocycles. The van der Waals surface area contributed by atoms with Gasteiger partial charge in [0.2, 0.25) is 5.91 Å². The van der Waals surface area contributed by atoms with Gasteiger partial charge in [0, 0.05) is 38.4 Å². The monoisotopic (exact) mass is 935 g/mol. The molecule has 3 aliphatic heterocycles. The third kappa shape index (κ3) is 11.2. The van der Waals surface area contributed by atoms with Gasteiger partial charge in [0.15, 0.2) is 35.4 Å². The average molecular weight is 936 g/mol. The normalized spacial score (nSPS) is 34.4. The number of nitrogens with zero attached hydrogens (tertiary/aromatic N) is 1. The molecule has 0 radical (unpaired) electrons. The number of aliphatic hydroxyl groups is 4. The number of aliphatic hydroxyl groups excluding tert-OH is 2. The smallest absolute Gasteiger partial charge is 0.341 e. The van der Waals surface area contributed by atoms with Crippen LogP contribution in [0.25, 0.3) is 0 Å². The molecular formula is C38H53N3O20S2. The second-order valence-electron chi connectivity index (χ2n) is 15.7. The van der Waals surface area contributed by atoms with Crippen molar-refractivity contribution >= 4 is 75.1 Å². The Bertz CT molecular complexity index is 1900. The Labute approximate surface area is 369 Å². The van der Waals surface area contributed by atoms with E-state index in [-0.39, 0.29) is 16.5 Å². The Balaban J connectivity index is 1.76. The number of carbonyl (C=O) groups is 7. The Kier molecular flexibility index (Phi) is 16.9. The topological polar surface area (TPSA) is 354 Å². The summed E-state index contributed by atoms with van der Waals surface area (Å²) in [5.41, 5.74) is -7.53. The van der Waals surface area contributed by atoms with E-state index in [0.29, 0.717) is 0 Å². The number of aliphatic imine (C=N–C) groups is 1. The number of methoxy groups -OCH3 is 1. The molecule has 0 spiro atoms. The zero-order valence-electron chi connectivity index (χ0n) is 35.5. The van der Waals surface area contributed by atoms with Crippen molar-refractivity contribution in [3.05, 3.63) is 11.3 Å². The summed E-state index contributed by atoms with van der Waals surface area (Å²) >= 11 is 2.03. The summed E-state index contributed by atoms with van der Waals surface area (Å²) in [4.78, 5) is 91.4. The van der Waals surface area contributed by atoms with Crippen molar-refractivity contribution in [2.45, 2.75) is 145 Å². The highest BCUT2D eigenvalue weighted by atomic mass is 32.2. The minimum absolute atomic E-state index is 0.161. The first-order valence-corrected chi connectivity index (χ1v) is 21.5. The lowest BCUT2D eigenvalue weighted by molar-refractivity contribution is -0.345. The fraction of sp³-hybridized carbons (Fsp3) is 0.711. The molecule has 0 aromatic heterocycles. The number of carbonyl (C=O) groups excluding carboxylic acids is 5. The van der Waals surface area contributed by atoms with Gasteiger partial charge in [0.1, 0.15) is 64.6 Å². The van der Waals surface area contributed by atoms with Crippen molar-refractivity contribution in [3.8, 4) is 0 Å². The van der Waals surface area contributed by atoms with Crippen LogP contribution in [0.2, 0.25) is 0 Å². The van der Waals surface area contributed by atoms with Crippen molar-refractivity contribution < 1.29 is 97.4 Å². The Hall–Kier alpha value is -4.21. The molecule has 8 N–H and O–H groups in total. The van der Waals surface area contributed by atoms with Gasteiger partial charge < -0.3 is 69.1 Å². The number of aliphatic carboxylic acids is 2. The first-order chi connectivity index (χ1) is 29.3. The molecule has 4 aliphatic rings. The van der Waals surface area contributed by atoms with Gasteiger partial charge >= 0.3 is 29.8 Å². The highest BCUT2D eigenvalue weighted by molar-refractivity contribution is 8.39. The van der Waals surface area contributed by atoms with Crippen LogP contribution in [0, 0.1) is 11.3 Å². The number of hydrogen-bond donors (Lipinski definition) is 8. The lowest BCUT2D eigenvalue weighted by atomic mass is 9.74.